The molecule has 0 radical (unpaired) electrons. The summed E-state index contributed by atoms with van der Waals surface area (Å²) in [6.07, 6.45) is 1.54. The Hall–Kier alpha value is -1.62. The van der Waals surface area contributed by atoms with Crippen LogP contribution in [0.2, 0.25) is 0 Å². The lowest BCUT2D eigenvalue weighted by Gasteiger charge is -2.01. The van der Waals surface area contributed by atoms with Crippen molar-refractivity contribution in [2.45, 2.75) is 32.8 Å². The van der Waals surface area contributed by atoms with Gasteiger partial charge in [-0.25, -0.2) is 9.59 Å². The van der Waals surface area contributed by atoms with E-state index in [9.17, 15) is 9.59 Å². The molecule has 0 aromatic heterocycles. The number of carboxylic acid groups (broad SMARTS) is 1. The summed E-state index contributed by atoms with van der Waals surface area (Å²) in [7, 11) is 0. The minimum Gasteiger partial charge on any atom is -0.478 e. The number of ether oxygens (including phenoxy) is 1. The Labute approximate surface area is 101 Å². The molecule has 0 bridgehead atoms. The fourth-order valence-electron chi connectivity index (χ4n) is 0.705. The van der Waals surface area contributed by atoms with Gasteiger partial charge in [0.15, 0.2) is 0 Å². The van der Waals surface area contributed by atoms with Gasteiger partial charge in [-0.05, 0) is 13.3 Å². The molecule has 17 heavy (non-hydrogen) atoms. The predicted octanol–water partition coefficient (Wildman–Crippen LogP) is 1.52. The lowest BCUT2D eigenvalue weighted by atomic mass is 10.1. The first-order chi connectivity index (χ1) is 7.84. The number of hydrogen-bond acceptors (Lipinski definition) is 4. The zero-order valence-electron chi connectivity index (χ0n) is 10.3. The Morgan fingerprint density at radius 3 is 2.24 bits per heavy atom. The highest BCUT2D eigenvalue weighted by molar-refractivity contribution is 5.85. The van der Waals surface area contributed by atoms with Crippen molar-refractivity contribution in [3.63, 3.8) is 0 Å². The molecule has 0 aliphatic carbocycles. The lowest BCUT2D eigenvalue weighted by molar-refractivity contribution is -0.137. The molecule has 0 rings (SSSR count). The molecule has 0 aromatic carbocycles. The van der Waals surface area contributed by atoms with E-state index in [0.29, 0.717) is 6.61 Å². The van der Waals surface area contributed by atoms with Gasteiger partial charge < -0.3 is 14.9 Å². The summed E-state index contributed by atoms with van der Waals surface area (Å²) in [6, 6.07) is 0. The van der Waals surface area contributed by atoms with Crippen LogP contribution in [0.25, 0.3) is 0 Å². The van der Waals surface area contributed by atoms with E-state index in [4.69, 9.17) is 10.2 Å². The summed E-state index contributed by atoms with van der Waals surface area (Å²) < 4.78 is 4.58. The van der Waals surface area contributed by atoms with Crippen LogP contribution in [0, 0.1) is 0 Å². The number of carbonyl (C=O) groups is 2. The van der Waals surface area contributed by atoms with Crippen LogP contribution in [0.1, 0.15) is 26.7 Å². The van der Waals surface area contributed by atoms with E-state index in [1.165, 1.54) is 6.92 Å². The first-order valence-corrected chi connectivity index (χ1v) is 5.23. The number of carboxylic acids is 1. The van der Waals surface area contributed by atoms with Crippen molar-refractivity contribution < 1.29 is 24.5 Å². The van der Waals surface area contributed by atoms with Crippen molar-refractivity contribution in [1.82, 2.24) is 0 Å². The van der Waals surface area contributed by atoms with Crippen molar-refractivity contribution in [3.8, 4) is 0 Å². The van der Waals surface area contributed by atoms with Gasteiger partial charge in [0.05, 0.1) is 12.7 Å². The topological polar surface area (TPSA) is 83.8 Å². The first-order valence-electron chi connectivity index (χ1n) is 5.23. The van der Waals surface area contributed by atoms with Crippen LogP contribution >= 0.6 is 0 Å². The molecule has 0 aliphatic heterocycles. The summed E-state index contributed by atoms with van der Waals surface area (Å²) >= 11 is 0. The minimum atomic E-state index is -1.05. The van der Waals surface area contributed by atoms with E-state index in [1.54, 1.807) is 0 Å². The van der Waals surface area contributed by atoms with Gasteiger partial charge >= 0.3 is 11.9 Å². The number of aliphatic hydroxyl groups excluding tert-OH is 1. The van der Waals surface area contributed by atoms with Gasteiger partial charge in [0.1, 0.15) is 0 Å². The molecule has 0 aliphatic rings. The normalized spacial score (nSPS) is 10.5. The van der Waals surface area contributed by atoms with Crippen LogP contribution in [-0.4, -0.2) is 34.9 Å². The maximum absolute atomic E-state index is 10.2. The van der Waals surface area contributed by atoms with Crippen LogP contribution in [-0.2, 0) is 14.3 Å². The van der Waals surface area contributed by atoms with Crippen molar-refractivity contribution >= 4 is 11.9 Å². The second kappa shape index (κ2) is 10.9. The number of hydrogen-bond donors (Lipinski definition) is 2. The molecule has 98 valence electrons. The average Bonchev–Trinajstić information content (AvgIpc) is 2.25. The molecule has 0 aromatic rings. The Bertz CT molecular complexity index is 268. The van der Waals surface area contributed by atoms with Gasteiger partial charge in [-0.15, -0.1) is 0 Å². The molecule has 0 heterocycles. The zero-order valence-corrected chi connectivity index (χ0v) is 10.3. The van der Waals surface area contributed by atoms with Crippen molar-refractivity contribution in [2.75, 3.05) is 6.61 Å². The molecule has 0 saturated carbocycles. The summed E-state index contributed by atoms with van der Waals surface area (Å²) in [5, 5.41) is 16.9. The SMILES string of the molecule is C=C(CC(C)O)C(=O)O.C=CC(=O)OCCC. The van der Waals surface area contributed by atoms with E-state index in [-0.39, 0.29) is 18.0 Å². The molecule has 5 heteroatoms. The third kappa shape index (κ3) is 14.4. The quantitative estimate of drug-likeness (QED) is 0.546. The van der Waals surface area contributed by atoms with E-state index in [0.717, 1.165) is 12.5 Å². The largest absolute Gasteiger partial charge is 0.478 e. The highest BCUT2D eigenvalue weighted by Crippen LogP contribution is 2.01. The molecule has 1 unspecified atom stereocenters. The molecule has 1 atom stereocenters. The van der Waals surface area contributed by atoms with Crippen LogP contribution in [0.3, 0.4) is 0 Å². The Morgan fingerprint density at radius 1 is 1.47 bits per heavy atom. The summed E-state index contributed by atoms with van der Waals surface area (Å²) in [6.45, 7) is 10.4. The number of rotatable bonds is 6. The van der Waals surface area contributed by atoms with E-state index >= 15 is 0 Å². The van der Waals surface area contributed by atoms with Crippen LogP contribution in [0.4, 0.5) is 0 Å². The van der Waals surface area contributed by atoms with E-state index in [2.05, 4.69) is 17.9 Å². The summed E-state index contributed by atoms with van der Waals surface area (Å²) in [4.78, 5) is 20.3. The second-order valence-corrected chi connectivity index (χ2v) is 3.33. The molecule has 2 N–H and O–H groups in total. The second-order valence-electron chi connectivity index (χ2n) is 3.33. The monoisotopic (exact) mass is 244 g/mol. The van der Waals surface area contributed by atoms with Gasteiger partial charge in [-0.1, -0.05) is 20.1 Å². The minimum absolute atomic E-state index is 0.0463. The third-order valence-corrected chi connectivity index (χ3v) is 1.46. The van der Waals surface area contributed by atoms with Crippen LogP contribution < -0.4 is 0 Å². The average molecular weight is 244 g/mol. The Morgan fingerprint density at radius 2 is 2.00 bits per heavy atom. The third-order valence-electron chi connectivity index (χ3n) is 1.46. The smallest absolute Gasteiger partial charge is 0.331 e. The molecule has 0 fully saturated rings. The zero-order chi connectivity index (χ0) is 13.8. The maximum atomic E-state index is 10.2. The Kier molecular flexibility index (Phi) is 11.4. The fraction of sp³-hybridized carbons (Fsp3) is 0.500. The highest BCUT2D eigenvalue weighted by atomic mass is 16.5. The van der Waals surface area contributed by atoms with Crippen LogP contribution in [0.15, 0.2) is 24.8 Å². The van der Waals surface area contributed by atoms with Crippen molar-refractivity contribution in [2.24, 2.45) is 0 Å². The fourth-order valence-corrected chi connectivity index (χ4v) is 0.705. The standard InChI is InChI=1S/C6H10O3.C6H10O2/c1-4(6(8)9)3-5(2)7;1-3-5-8-6(7)4-2/h5,7H,1,3H2,2H3,(H,8,9);4H,2-3,5H2,1H3. The number of esters is 1. The lowest BCUT2D eigenvalue weighted by Crippen LogP contribution is -2.07. The number of carbonyl (C=O) groups excluding carboxylic acids is 1. The van der Waals surface area contributed by atoms with Crippen molar-refractivity contribution in [3.05, 3.63) is 24.8 Å². The Balaban J connectivity index is 0. The summed E-state index contributed by atoms with van der Waals surface area (Å²) in [5.74, 6) is -1.39. The molecule has 5 nitrogen and oxygen atoms in total. The molecule has 0 spiro atoms. The van der Waals surface area contributed by atoms with E-state index in [1.807, 2.05) is 6.92 Å². The number of aliphatic hydroxyl groups is 1. The van der Waals surface area contributed by atoms with Gasteiger partial charge in [-0.3, -0.25) is 0 Å². The first kappa shape index (κ1) is 17.8. The maximum Gasteiger partial charge on any atom is 0.331 e. The predicted molar refractivity (Wildman–Crippen MR) is 64.5 cm³/mol. The molecule has 0 amide bonds. The molecular formula is C12H20O5. The van der Waals surface area contributed by atoms with Gasteiger partial charge in [-0.2, -0.15) is 0 Å². The van der Waals surface area contributed by atoms with Gasteiger partial charge in [0.2, 0.25) is 0 Å². The summed E-state index contributed by atoms with van der Waals surface area (Å²) in [5.41, 5.74) is 0.0463. The van der Waals surface area contributed by atoms with E-state index < -0.39 is 12.1 Å². The number of aliphatic carboxylic acids is 1. The van der Waals surface area contributed by atoms with Gasteiger partial charge in [0, 0.05) is 18.1 Å². The van der Waals surface area contributed by atoms with Crippen LogP contribution in [0.5, 0.6) is 0 Å². The molecule has 0 saturated heterocycles. The molecular weight excluding hydrogens is 224 g/mol. The van der Waals surface area contributed by atoms with Crippen molar-refractivity contribution in [1.29, 1.82) is 0 Å². The van der Waals surface area contributed by atoms with Gasteiger partial charge in [0.25, 0.3) is 0 Å². The highest BCUT2D eigenvalue weighted by Gasteiger charge is 2.05.